The van der Waals surface area contributed by atoms with Gasteiger partial charge in [0.05, 0.1) is 17.6 Å². The second-order valence-corrected chi connectivity index (χ2v) is 11.6. The van der Waals surface area contributed by atoms with Gasteiger partial charge >= 0.3 is 5.97 Å². The van der Waals surface area contributed by atoms with Gasteiger partial charge in [-0.3, -0.25) is 4.79 Å². The fraction of sp³-hybridized carbons (Fsp3) is 0.290. The minimum atomic E-state index is -0.762. The van der Waals surface area contributed by atoms with E-state index in [-0.39, 0.29) is 16.4 Å². The smallest absolute Gasteiger partial charge is 0.304 e. The third-order valence-corrected chi connectivity index (χ3v) is 7.68. The van der Waals surface area contributed by atoms with E-state index in [0.29, 0.717) is 6.61 Å². The van der Waals surface area contributed by atoms with E-state index in [1.54, 1.807) is 11.8 Å². The summed E-state index contributed by atoms with van der Waals surface area (Å²) in [7, 11) is 0. The van der Waals surface area contributed by atoms with Crippen LogP contribution in [-0.2, 0) is 17.8 Å². The SMILES string of the molecule is CC(C)(CC(=O)O)SC(CCCc1ccccc1)c1ccc(OCc2ccc3ccccc3n2)cc1. The molecule has 186 valence electrons. The molecular weight excluding hydrogens is 466 g/mol. The molecule has 0 saturated heterocycles. The number of hydrogen-bond donors (Lipinski definition) is 1. The molecule has 1 unspecified atom stereocenters. The molecule has 4 rings (SSSR count). The van der Waals surface area contributed by atoms with Crippen molar-refractivity contribution in [3.05, 3.63) is 108 Å². The van der Waals surface area contributed by atoms with Crippen LogP contribution in [-0.4, -0.2) is 20.8 Å². The van der Waals surface area contributed by atoms with E-state index in [1.165, 1.54) is 11.1 Å². The van der Waals surface area contributed by atoms with Crippen LogP contribution >= 0.6 is 11.8 Å². The lowest BCUT2D eigenvalue weighted by molar-refractivity contribution is -0.137. The summed E-state index contributed by atoms with van der Waals surface area (Å²) < 4.78 is 5.66. The second-order valence-electron chi connectivity index (χ2n) is 9.67. The molecule has 36 heavy (non-hydrogen) atoms. The van der Waals surface area contributed by atoms with E-state index in [0.717, 1.165) is 41.6 Å². The summed E-state index contributed by atoms with van der Waals surface area (Å²) in [5, 5.41) is 10.7. The van der Waals surface area contributed by atoms with E-state index in [4.69, 9.17) is 4.74 Å². The van der Waals surface area contributed by atoms with Crippen LogP contribution in [0.4, 0.5) is 0 Å². The van der Waals surface area contributed by atoms with Crippen LogP contribution < -0.4 is 4.74 Å². The number of aromatic nitrogens is 1. The maximum absolute atomic E-state index is 11.4. The van der Waals surface area contributed by atoms with E-state index >= 15 is 0 Å². The fourth-order valence-electron chi connectivity index (χ4n) is 4.35. The third-order valence-electron chi connectivity index (χ3n) is 6.11. The lowest BCUT2D eigenvalue weighted by atomic mass is 10.0. The third kappa shape index (κ3) is 7.59. The molecule has 3 aromatic carbocycles. The quantitative estimate of drug-likeness (QED) is 0.215. The zero-order chi connectivity index (χ0) is 25.4. The number of nitrogens with zero attached hydrogens (tertiary/aromatic N) is 1. The number of rotatable bonds is 12. The van der Waals surface area contributed by atoms with E-state index in [1.807, 2.05) is 56.3 Å². The van der Waals surface area contributed by atoms with Crippen molar-refractivity contribution in [2.75, 3.05) is 0 Å². The number of fused-ring (bicyclic) bond motifs is 1. The van der Waals surface area contributed by atoms with Crippen molar-refractivity contribution in [2.24, 2.45) is 0 Å². The summed E-state index contributed by atoms with van der Waals surface area (Å²) in [4.78, 5) is 16.1. The molecule has 4 aromatic rings. The molecular formula is C31H33NO3S. The van der Waals surface area contributed by atoms with Crippen molar-refractivity contribution in [2.45, 2.75) is 56.1 Å². The van der Waals surface area contributed by atoms with Crippen molar-refractivity contribution < 1.29 is 14.6 Å². The Hall–Kier alpha value is -3.31. The van der Waals surface area contributed by atoms with Crippen LogP contribution in [0.25, 0.3) is 10.9 Å². The molecule has 1 aromatic heterocycles. The van der Waals surface area contributed by atoms with Gasteiger partial charge in [0.1, 0.15) is 12.4 Å². The first-order chi connectivity index (χ1) is 17.4. The van der Waals surface area contributed by atoms with Crippen LogP contribution in [0.5, 0.6) is 5.75 Å². The molecule has 0 fully saturated rings. The van der Waals surface area contributed by atoms with E-state index < -0.39 is 5.97 Å². The predicted molar refractivity (Wildman–Crippen MR) is 149 cm³/mol. The molecule has 0 radical (unpaired) electrons. The first-order valence-electron chi connectivity index (χ1n) is 12.4. The van der Waals surface area contributed by atoms with Crippen molar-refractivity contribution in [3.8, 4) is 5.75 Å². The fourth-order valence-corrected chi connectivity index (χ4v) is 5.90. The zero-order valence-electron chi connectivity index (χ0n) is 20.9. The molecule has 0 bridgehead atoms. The molecule has 0 amide bonds. The summed E-state index contributed by atoms with van der Waals surface area (Å²) in [6.07, 6.45) is 3.16. The molecule has 5 heteroatoms. The first-order valence-corrected chi connectivity index (χ1v) is 13.3. The number of carbonyl (C=O) groups is 1. The minimum absolute atomic E-state index is 0.132. The molecule has 0 aliphatic heterocycles. The van der Waals surface area contributed by atoms with Gasteiger partial charge in [-0.1, -0.05) is 80.6 Å². The Morgan fingerprint density at radius 1 is 0.944 bits per heavy atom. The Labute approximate surface area is 217 Å². The highest BCUT2D eigenvalue weighted by atomic mass is 32.2. The molecule has 0 aliphatic rings. The van der Waals surface area contributed by atoms with Crippen LogP contribution in [0, 0.1) is 0 Å². The zero-order valence-corrected chi connectivity index (χ0v) is 21.7. The Morgan fingerprint density at radius 3 is 2.42 bits per heavy atom. The number of aliphatic carboxylic acids is 1. The highest BCUT2D eigenvalue weighted by Gasteiger charge is 2.27. The average Bonchev–Trinajstić information content (AvgIpc) is 2.87. The lowest BCUT2D eigenvalue weighted by Crippen LogP contribution is -2.21. The molecule has 1 heterocycles. The van der Waals surface area contributed by atoms with Crippen LogP contribution in [0.15, 0.2) is 91.0 Å². The van der Waals surface area contributed by atoms with E-state index in [9.17, 15) is 9.90 Å². The number of para-hydroxylation sites is 1. The number of carboxylic acid groups (broad SMARTS) is 1. The Bertz CT molecular complexity index is 1270. The van der Waals surface area contributed by atoms with Crippen molar-refractivity contribution in [1.82, 2.24) is 4.98 Å². The van der Waals surface area contributed by atoms with Gasteiger partial charge in [0, 0.05) is 15.4 Å². The first kappa shape index (κ1) is 25.8. The Kier molecular flexibility index (Phi) is 8.65. The molecule has 1 N–H and O–H groups in total. The number of benzene rings is 3. The van der Waals surface area contributed by atoms with Crippen LogP contribution in [0.3, 0.4) is 0 Å². The largest absolute Gasteiger partial charge is 0.487 e. The van der Waals surface area contributed by atoms with Gasteiger partial charge in [-0.25, -0.2) is 4.98 Å². The number of aryl methyl sites for hydroxylation is 1. The van der Waals surface area contributed by atoms with Crippen molar-refractivity contribution in [1.29, 1.82) is 0 Å². The van der Waals surface area contributed by atoms with Crippen molar-refractivity contribution >= 4 is 28.6 Å². The monoisotopic (exact) mass is 499 g/mol. The number of carboxylic acids is 1. The maximum atomic E-state index is 11.4. The van der Waals surface area contributed by atoms with Gasteiger partial charge in [-0.05, 0) is 54.7 Å². The number of thioether (sulfide) groups is 1. The van der Waals surface area contributed by atoms with Gasteiger partial charge in [-0.2, -0.15) is 0 Å². The van der Waals surface area contributed by atoms with Gasteiger partial charge in [-0.15, -0.1) is 11.8 Å². The maximum Gasteiger partial charge on any atom is 0.304 e. The molecule has 4 nitrogen and oxygen atoms in total. The second kappa shape index (κ2) is 12.1. The topological polar surface area (TPSA) is 59.4 Å². The molecule has 0 saturated carbocycles. The normalized spacial score (nSPS) is 12.4. The summed E-state index contributed by atoms with van der Waals surface area (Å²) in [6.45, 7) is 4.44. The van der Waals surface area contributed by atoms with Crippen molar-refractivity contribution in [3.63, 3.8) is 0 Å². The van der Waals surface area contributed by atoms with Gasteiger partial charge in [0.25, 0.3) is 0 Å². The Morgan fingerprint density at radius 2 is 1.67 bits per heavy atom. The van der Waals surface area contributed by atoms with E-state index in [2.05, 4.69) is 53.5 Å². The Balaban J connectivity index is 1.41. The number of pyridine rings is 1. The highest BCUT2D eigenvalue weighted by Crippen LogP contribution is 2.43. The predicted octanol–water partition coefficient (Wildman–Crippen LogP) is 7.86. The standard InChI is InChI=1S/C31H33NO3S/c1-31(2,21-30(33)34)36-29(14-8-11-23-9-4-3-5-10-23)25-16-19-27(20-17-25)35-22-26-18-15-24-12-6-7-13-28(24)32-26/h3-7,9-10,12-13,15-20,29H,8,11,14,21-22H2,1-2H3,(H,33,34). The summed E-state index contributed by atoms with van der Waals surface area (Å²) in [6, 6.07) is 30.9. The number of hydrogen-bond acceptors (Lipinski definition) is 4. The molecule has 0 aliphatic carbocycles. The molecule has 0 spiro atoms. The minimum Gasteiger partial charge on any atom is -0.487 e. The summed E-state index contributed by atoms with van der Waals surface area (Å²) in [5.41, 5.74) is 4.38. The van der Waals surface area contributed by atoms with Gasteiger partial charge in [0.15, 0.2) is 0 Å². The highest BCUT2D eigenvalue weighted by molar-refractivity contribution is 8.00. The average molecular weight is 500 g/mol. The summed E-state index contributed by atoms with van der Waals surface area (Å²) in [5.74, 6) is 0.0353. The number of ether oxygens (including phenoxy) is 1. The lowest BCUT2D eigenvalue weighted by Gasteiger charge is -2.28. The summed E-state index contributed by atoms with van der Waals surface area (Å²) >= 11 is 1.75. The van der Waals surface area contributed by atoms with Crippen LogP contribution in [0.1, 0.15) is 55.2 Å². The van der Waals surface area contributed by atoms with Gasteiger partial charge < -0.3 is 9.84 Å². The van der Waals surface area contributed by atoms with Gasteiger partial charge in [0.2, 0.25) is 0 Å². The van der Waals surface area contributed by atoms with Crippen LogP contribution in [0.2, 0.25) is 0 Å². The molecule has 1 atom stereocenters.